The average Bonchev–Trinajstić information content (AvgIpc) is 2.59. The summed E-state index contributed by atoms with van der Waals surface area (Å²) in [5.41, 5.74) is 4.58. The van der Waals surface area contributed by atoms with Crippen LogP contribution >= 0.6 is 0 Å². The van der Waals surface area contributed by atoms with Crippen LogP contribution in [0.4, 0.5) is 17.1 Å². The van der Waals surface area contributed by atoms with Crippen LogP contribution in [0, 0.1) is 6.92 Å². The molecule has 0 fully saturated rings. The lowest BCUT2D eigenvalue weighted by Gasteiger charge is -2.27. The molecule has 0 saturated heterocycles. The Morgan fingerprint density at radius 1 is 0.727 bits per heavy atom. The predicted octanol–water partition coefficient (Wildman–Crippen LogP) is 5.47. The van der Waals surface area contributed by atoms with Gasteiger partial charge in [-0.1, -0.05) is 42.5 Å². The highest BCUT2D eigenvalue weighted by Gasteiger charge is 2.14. The minimum atomic E-state index is 0.859. The van der Waals surface area contributed by atoms with Gasteiger partial charge in [-0.3, -0.25) is 0 Å². The second kappa shape index (κ2) is 6.35. The van der Waals surface area contributed by atoms with Crippen molar-refractivity contribution in [1.82, 2.24) is 0 Å². The van der Waals surface area contributed by atoms with Crippen LogP contribution in [0.1, 0.15) is 5.56 Å². The molecule has 2 nitrogen and oxygen atoms in total. The number of ether oxygens (including phenoxy) is 1. The Kier molecular flexibility index (Phi) is 4.10. The van der Waals surface area contributed by atoms with Crippen molar-refractivity contribution in [2.45, 2.75) is 6.92 Å². The molecule has 0 spiro atoms. The lowest BCUT2D eigenvalue weighted by Crippen LogP contribution is -2.11. The fraction of sp³-hybridized carbons (Fsp3) is 0.100. The molecule has 22 heavy (non-hydrogen) atoms. The van der Waals surface area contributed by atoms with Gasteiger partial charge in [0.25, 0.3) is 0 Å². The van der Waals surface area contributed by atoms with Crippen LogP contribution < -0.4 is 9.64 Å². The summed E-state index contributed by atoms with van der Waals surface area (Å²) in [6.45, 7) is 2.12. The number of para-hydroxylation sites is 2. The van der Waals surface area contributed by atoms with E-state index in [2.05, 4.69) is 72.5 Å². The highest BCUT2D eigenvalue weighted by Crippen LogP contribution is 2.37. The van der Waals surface area contributed by atoms with Gasteiger partial charge in [-0.25, -0.2) is 0 Å². The summed E-state index contributed by atoms with van der Waals surface area (Å²) in [4.78, 5) is 2.25. The van der Waals surface area contributed by atoms with Crippen molar-refractivity contribution in [3.63, 3.8) is 0 Å². The first-order valence-corrected chi connectivity index (χ1v) is 7.34. The molecular formula is C20H19NO. The Hall–Kier alpha value is -2.74. The summed E-state index contributed by atoms with van der Waals surface area (Å²) in [6, 6.07) is 26.9. The van der Waals surface area contributed by atoms with E-state index in [1.165, 1.54) is 5.56 Å². The zero-order valence-corrected chi connectivity index (χ0v) is 12.9. The van der Waals surface area contributed by atoms with Crippen LogP contribution in [0.3, 0.4) is 0 Å². The quantitative estimate of drug-likeness (QED) is 0.631. The van der Waals surface area contributed by atoms with Gasteiger partial charge < -0.3 is 9.64 Å². The molecule has 2 heteroatoms. The van der Waals surface area contributed by atoms with Crippen molar-refractivity contribution in [2.75, 3.05) is 12.0 Å². The summed E-state index contributed by atoms with van der Waals surface area (Å²) in [5, 5.41) is 0. The molecule has 110 valence electrons. The first-order valence-electron chi connectivity index (χ1n) is 7.34. The number of rotatable bonds is 4. The van der Waals surface area contributed by atoms with Crippen molar-refractivity contribution < 1.29 is 4.74 Å². The standard InChI is InChI=1S/C20H19NO/c1-16-13-14-19(22-2)15-20(16)21(17-9-5-3-6-10-17)18-11-7-4-8-12-18/h3-15H,1-2H3. The third-order valence-electron chi connectivity index (χ3n) is 3.69. The minimum Gasteiger partial charge on any atom is -0.497 e. The number of hydrogen-bond donors (Lipinski definition) is 0. The monoisotopic (exact) mass is 289 g/mol. The Bertz CT molecular complexity index is 699. The highest BCUT2D eigenvalue weighted by molar-refractivity contribution is 5.78. The van der Waals surface area contributed by atoms with Crippen molar-refractivity contribution in [2.24, 2.45) is 0 Å². The molecular weight excluding hydrogens is 270 g/mol. The smallest absolute Gasteiger partial charge is 0.120 e. The second-order valence-electron chi connectivity index (χ2n) is 5.16. The lowest BCUT2D eigenvalue weighted by atomic mass is 10.1. The van der Waals surface area contributed by atoms with E-state index < -0.39 is 0 Å². The van der Waals surface area contributed by atoms with E-state index in [9.17, 15) is 0 Å². The van der Waals surface area contributed by atoms with E-state index in [0.717, 1.165) is 22.8 Å². The van der Waals surface area contributed by atoms with Crippen LogP contribution in [-0.2, 0) is 0 Å². The van der Waals surface area contributed by atoms with Crippen LogP contribution in [0.25, 0.3) is 0 Å². The summed E-state index contributed by atoms with van der Waals surface area (Å²) in [6.07, 6.45) is 0. The van der Waals surface area contributed by atoms with E-state index in [1.54, 1.807) is 7.11 Å². The molecule has 0 amide bonds. The molecule has 0 atom stereocenters. The Morgan fingerprint density at radius 3 is 1.77 bits per heavy atom. The number of aryl methyl sites for hydroxylation is 1. The minimum absolute atomic E-state index is 0.859. The van der Waals surface area contributed by atoms with Crippen molar-refractivity contribution in [1.29, 1.82) is 0 Å². The Labute approximate surface area is 131 Å². The molecule has 3 rings (SSSR count). The molecule has 3 aromatic carbocycles. The number of benzene rings is 3. The van der Waals surface area contributed by atoms with Gasteiger partial charge >= 0.3 is 0 Å². The van der Waals surface area contributed by atoms with Gasteiger partial charge in [0.05, 0.1) is 12.8 Å². The second-order valence-corrected chi connectivity index (χ2v) is 5.16. The Balaban J connectivity index is 2.18. The zero-order valence-electron chi connectivity index (χ0n) is 12.9. The van der Waals surface area contributed by atoms with E-state index in [1.807, 2.05) is 18.2 Å². The maximum atomic E-state index is 5.41. The molecule has 0 N–H and O–H groups in total. The number of nitrogens with zero attached hydrogens (tertiary/aromatic N) is 1. The first kappa shape index (κ1) is 14.2. The number of methoxy groups -OCH3 is 1. The van der Waals surface area contributed by atoms with Crippen LogP contribution in [0.2, 0.25) is 0 Å². The predicted molar refractivity (Wildman–Crippen MR) is 92.4 cm³/mol. The van der Waals surface area contributed by atoms with Gasteiger partial charge in [-0.15, -0.1) is 0 Å². The van der Waals surface area contributed by atoms with Gasteiger partial charge in [-0.05, 0) is 42.8 Å². The van der Waals surface area contributed by atoms with Gasteiger partial charge in [0.15, 0.2) is 0 Å². The summed E-state index contributed by atoms with van der Waals surface area (Å²) in [7, 11) is 1.70. The van der Waals surface area contributed by atoms with Crippen LogP contribution in [0.5, 0.6) is 5.75 Å². The number of hydrogen-bond acceptors (Lipinski definition) is 2. The van der Waals surface area contributed by atoms with Gasteiger partial charge in [0.1, 0.15) is 5.75 Å². The SMILES string of the molecule is COc1ccc(C)c(N(c2ccccc2)c2ccccc2)c1. The summed E-state index contributed by atoms with van der Waals surface area (Å²) < 4.78 is 5.41. The van der Waals surface area contributed by atoms with E-state index in [0.29, 0.717) is 0 Å². The lowest BCUT2D eigenvalue weighted by molar-refractivity contribution is 0.415. The average molecular weight is 289 g/mol. The van der Waals surface area contributed by atoms with Crippen molar-refractivity contribution in [3.05, 3.63) is 84.4 Å². The molecule has 0 aliphatic rings. The van der Waals surface area contributed by atoms with E-state index in [-0.39, 0.29) is 0 Å². The van der Waals surface area contributed by atoms with E-state index >= 15 is 0 Å². The molecule has 0 bridgehead atoms. The maximum absolute atomic E-state index is 5.41. The largest absolute Gasteiger partial charge is 0.497 e. The topological polar surface area (TPSA) is 12.5 Å². The normalized spacial score (nSPS) is 10.3. The van der Waals surface area contributed by atoms with Crippen LogP contribution in [0.15, 0.2) is 78.9 Å². The molecule has 0 radical (unpaired) electrons. The molecule has 0 saturated carbocycles. The number of anilines is 3. The molecule has 0 aliphatic carbocycles. The molecule has 3 aromatic rings. The molecule has 0 heterocycles. The van der Waals surface area contributed by atoms with Crippen molar-refractivity contribution in [3.8, 4) is 5.75 Å². The molecule has 0 unspecified atom stereocenters. The van der Waals surface area contributed by atoms with Crippen molar-refractivity contribution >= 4 is 17.1 Å². The van der Waals surface area contributed by atoms with Gasteiger partial charge in [0.2, 0.25) is 0 Å². The van der Waals surface area contributed by atoms with Gasteiger partial charge in [-0.2, -0.15) is 0 Å². The fourth-order valence-electron chi connectivity index (χ4n) is 2.54. The van der Waals surface area contributed by atoms with Crippen LogP contribution in [-0.4, -0.2) is 7.11 Å². The third-order valence-corrected chi connectivity index (χ3v) is 3.69. The zero-order chi connectivity index (χ0) is 15.4. The van der Waals surface area contributed by atoms with Gasteiger partial charge in [0, 0.05) is 17.4 Å². The molecule has 0 aliphatic heterocycles. The first-order chi connectivity index (χ1) is 10.8. The Morgan fingerprint density at radius 2 is 1.27 bits per heavy atom. The summed E-state index contributed by atoms with van der Waals surface area (Å²) in [5.74, 6) is 0.859. The maximum Gasteiger partial charge on any atom is 0.120 e. The molecule has 0 aromatic heterocycles. The third kappa shape index (κ3) is 2.82. The van der Waals surface area contributed by atoms with E-state index in [4.69, 9.17) is 4.74 Å². The summed E-state index contributed by atoms with van der Waals surface area (Å²) >= 11 is 0. The fourth-order valence-corrected chi connectivity index (χ4v) is 2.54. The highest BCUT2D eigenvalue weighted by atomic mass is 16.5.